The van der Waals surface area contributed by atoms with Gasteiger partial charge in [0.2, 0.25) is 0 Å². The highest BCUT2D eigenvalue weighted by molar-refractivity contribution is 5.78. The number of carbonyl (C=O) groups is 1. The summed E-state index contributed by atoms with van der Waals surface area (Å²) in [5, 5.41) is 3.15. The van der Waals surface area contributed by atoms with Crippen LogP contribution < -0.4 is 10.2 Å². The number of aromatic nitrogens is 1. The Labute approximate surface area is 205 Å². The molecule has 2 heterocycles. The third kappa shape index (κ3) is 6.29. The van der Waals surface area contributed by atoms with Crippen molar-refractivity contribution in [1.29, 1.82) is 0 Å². The number of hydrogen-bond donors (Lipinski definition) is 1. The summed E-state index contributed by atoms with van der Waals surface area (Å²) >= 11 is 0. The molecule has 0 amide bonds. The number of nitrogens with one attached hydrogen (secondary N) is 1. The molecule has 0 spiro atoms. The highest BCUT2D eigenvalue weighted by Crippen LogP contribution is 2.31. The summed E-state index contributed by atoms with van der Waals surface area (Å²) in [4.78, 5) is 17.7. The van der Waals surface area contributed by atoms with E-state index in [1.54, 1.807) is 23.2 Å². The highest BCUT2D eigenvalue weighted by Gasteiger charge is 2.20. The number of ether oxygens (including phenoxy) is 1. The summed E-state index contributed by atoms with van der Waals surface area (Å²) in [5.41, 5.74) is 5.43. The monoisotopic (exact) mass is 479 g/mol. The van der Waals surface area contributed by atoms with Gasteiger partial charge in [0.1, 0.15) is 23.6 Å². The molecule has 184 valence electrons. The van der Waals surface area contributed by atoms with Crippen molar-refractivity contribution in [1.82, 2.24) is 10.3 Å². The molecule has 1 saturated heterocycles. The Kier molecular flexibility index (Phi) is 8.55. The SMILES string of the molecule is CNCCC1=C(C=O)CC=C(c2ccnc(/C=C/c3cc(F)c(N4CCOCC4)c(F)c3)c2)CC1. The molecule has 4 rings (SSSR count). The van der Waals surface area contributed by atoms with E-state index >= 15 is 0 Å². The molecule has 0 atom stereocenters. The fourth-order valence-electron chi connectivity index (χ4n) is 4.57. The first-order valence-electron chi connectivity index (χ1n) is 12.0. The van der Waals surface area contributed by atoms with E-state index in [9.17, 15) is 13.6 Å². The summed E-state index contributed by atoms with van der Waals surface area (Å²) in [5.74, 6) is -1.16. The van der Waals surface area contributed by atoms with Crippen LogP contribution in [-0.2, 0) is 9.53 Å². The van der Waals surface area contributed by atoms with Crippen LogP contribution in [-0.4, -0.2) is 51.2 Å². The number of carbonyl (C=O) groups excluding carboxylic acids is 1. The van der Waals surface area contributed by atoms with Crippen molar-refractivity contribution in [3.8, 4) is 0 Å². The summed E-state index contributed by atoms with van der Waals surface area (Å²) in [6, 6.07) is 6.62. The smallest absolute Gasteiger partial charge is 0.150 e. The molecule has 1 aliphatic carbocycles. The molecular formula is C28H31F2N3O2. The second kappa shape index (κ2) is 12.0. The first-order valence-corrected chi connectivity index (χ1v) is 12.0. The van der Waals surface area contributed by atoms with E-state index in [2.05, 4.69) is 16.4 Å². The summed E-state index contributed by atoms with van der Waals surface area (Å²) in [6.45, 7) is 2.71. The Morgan fingerprint density at radius 3 is 2.60 bits per heavy atom. The van der Waals surface area contributed by atoms with Crippen LogP contribution in [0.5, 0.6) is 0 Å². The number of benzene rings is 1. The number of anilines is 1. The van der Waals surface area contributed by atoms with E-state index < -0.39 is 11.6 Å². The average molecular weight is 480 g/mol. The van der Waals surface area contributed by atoms with Crippen LogP contribution in [0.4, 0.5) is 14.5 Å². The molecule has 7 heteroatoms. The van der Waals surface area contributed by atoms with Crippen LogP contribution in [0, 0.1) is 11.6 Å². The number of nitrogens with zero attached hydrogens (tertiary/aromatic N) is 2. The zero-order valence-electron chi connectivity index (χ0n) is 20.0. The average Bonchev–Trinajstić information content (AvgIpc) is 3.09. The van der Waals surface area contributed by atoms with Crippen LogP contribution >= 0.6 is 0 Å². The Bertz CT molecular complexity index is 1130. The Morgan fingerprint density at radius 1 is 1.11 bits per heavy atom. The lowest BCUT2D eigenvalue weighted by molar-refractivity contribution is -0.105. The van der Waals surface area contributed by atoms with Gasteiger partial charge < -0.3 is 15.0 Å². The van der Waals surface area contributed by atoms with Crippen molar-refractivity contribution in [2.45, 2.75) is 25.7 Å². The predicted molar refractivity (Wildman–Crippen MR) is 136 cm³/mol. The third-order valence-corrected chi connectivity index (χ3v) is 6.50. The Morgan fingerprint density at radius 2 is 1.89 bits per heavy atom. The quantitative estimate of drug-likeness (QED) is 0.538. The molecule has 2 aliphatic rings. The first kappa shape index (κ1) is 24.9. The van der Waals surface area contributed by atoms with Gasteiger partial charge in [0.15, 0.2) is 0 Å². The molecule has 1 aromatic carbocycles. The van der Waals surface area contributed by atoms with E-state index in [4.69, 9.17) is 4.74 Å². The highest BCUT2D eigenvalue weighted by atomic mass is 19.1. The Hall–Kier alpha value is -3.16. The van der Waals surface area contributed by atoms with Crippen LogP contribution in [0.3, 0.4) is 0 Å². The minimum absolute atomic E-state index is 0.00302. The van der Waals surface area contributed by atoms with Gasteiger partial charge in [0.05, 0.1) is 18.9 Å². The molecule has 0 radical (unpaired) electrons. The van der Waals surface area contributed by atoms with Gasteiger partial charge in [-0.05, 0) is 91.9 Å². The summed E-state index contributed by atoms with van der Waals surface area (Å²) < 4.78 is 34.7. The van der Waals surface area contributed by atoms with E-state index in [-0.39, 0.29) is 5.69 Å². The van der Waals surface area contributed by atoms with Crippen molar-refractivity contribution in [3.63, 3.8) is 0 Å². The Balaban J connectivity index is 1.48. The maximum absolute atomic E-state index is 14.7. The molecule has 0 bridgehead atoms. The van der Waals surface area contributed by atoms with Gasteiger partial charge in [-0.2, -0.15) is 0 Å². The normalized spacial score (nSPS) is 17.0. The molecule has 1 aromatic heterocycles. The topological polar surface area (TPSA) is 54.5 Å². The first-order chi connectivity index (χ1) is 17.1. The maximum atomic E-state index is 14.7. The molecule has 0 unspecified atom stereocenters. The van der Waals surface area contributed by atoms with Gasteiger partial charge in [-0.3, -0.25) is 9.78 Å². The van der Waals surface area contributed by atoms with Gasteiger partial charge in [0, 0.05) is 19.3 Å². The minimum Gasteiger partial charge on any atom is -0.378 e. The second-order valence-electron chi connectivity index (χ2n) is 8.77. The number of rotatable bonds is 8. The zero-order valence-corrected chi connectivity index (χ0v) is 20.0. The lowest BCUT2D eigenvalue weighted by atomic mass is 9.98. The number of aldehydes is 1. The van der Waals surface area contributed by atoms with Gasteiger partial charge in [-0.15, -0.1) is 0 Å². The molecule has 35 heavy (non-hydrogen) atoms. The van der Waals surface area contributed by atoms with Gasteiger partial charge in [-0.25, -0.2) is 8.78 Å². The second-order valence-corrected chi connectivity index (χ2v) is 8.77. The number of pyridine rings is 1. The van der Waals surface area contributed by atoms with Crippen molar-refractivity contribution in [3.05, 3.63) is 76.1 Å². The van der Waals surface area contributed by atoms with E-state index in [0.717, 1.165) is 43.2 Å². The standard InChI is InChI=1S/C28H31F2N3O2/c1-31-10-8-22-4-3-21(5-6-24(22)19-34)23-9-11-32-25(18-23)7-2-20-16-26(29)28(27(30)17-20)33-12-14-35-15-13-33/h2,5,7,9,11,16-19,31H,3-4,6,8,10,12-15H2,1H3/b7-2+. The molecule has 2 aromatic rings. The molecular weight excluding hydrogens is 448 g/mol. The largest absolute Gasteiger partial charge is 0.378 e. The minimum atomic E-state index is -0.579. The van der Waals surface area contributed by atoms with E-state index in [1.165, 1.54) is 23.3 Å². The van der Waals surface area contributed by atoms with Crippen LogP contribution in [0.2, 0.25) is 0 Å². The van der Waals surface area contributed by atoms with Crippen LogP contribution in [0.1, 0.15) is 42.5 Å². The lowest BCUT2D eigenvalue weighted by Crippen LogP contribution is -2.37. The number of hydrogen-bond acceptors (Lipinski definition) is 5. The number of halogens is 2. The maximum Gasteiger partial charge on any atom is 0.150 e. The molecule has 0 saturated carbocycles. The number of allylic oxidation sites excluding steroid dienone is 3. The fourth-order valence-corrected chi connectivity index (χ4v) is 4.57. The lowest BCUT2D eigenvalue weighted by Gasteiger charge is -2.29. The van der Waals surface area contributed by atoms with Crippen LogP contribution in [0.15, 0.2) is 47.7 Å². The molecule has 1 fully saturated rings. The van der Waals surface area contributed by atoms with Gasteiger partial charge >= 0.3 is 0 Å². The molecule has 1 N–H and O–H groups in total. The fraction of sp³-hybridized carbons (Fsp3) is 0.357. The predicted octanol–water partition coefficient (Wildman–Crippen LogP) is 5.04. The zero-order chi connectivity index (χ0) is 24.6. The summed E-state index contributed by atoms with van der Waals surface area (Å²) in [6.07, 6.45) is 11.5. The van der Waals surface area contributed by atoms with Gasteiger partial charge in [-0.1, -0.05) is 17.7 Å². The van der Waals surface area contributed by atoms with Crippen molar-refractivity contribution in [2.24, 2.45) is 0 Å². The molecule has 1 aliphatic heterocycles. The summed E-state index contributed by atoms with van der Waals surface area (Å²) in [7, 11) is 1.91. The van der Waals surface area contributed by atoms with Crippen molar-refractivity contribution in [2.75, 3.05) is 44.8 Å². The van der Waals surface area contributed by atoms with Crippen molar-refractivity contribution < 1.29 is 18.3 Å². The van der Waals surface area contributed by atoms with E-state index in [1.807, 2.05) is 19.2 Å². The van der Waals surface area contributed by atoms with Crippen LogP contribution in [0.25, 0.3) is 17.7 Å². The number of morpholine rings is 1. The third-order valence-electron chi connectivity index (χ3n) is 6.50. The molecule has 5 nitrogen and oxygen atoms in total. The van der Waals surface area contributed by atoms with Crippen molar-refractivity contribution >= 4 is 29.7 Å². The van der Waals surface area contributed by atoms with Gasteiger partial charge in [0.25, 0.3) is 0 Å². The van der Waals surface area contributed by atoms with E-state index in [0.29, 0.717) is 44.0 Å².